The summed E-state index contributed by atoms with van der Waals surface area (Å²) in [6, 6.07) is 52.8. The third-order valence-corrected chi connectivity index (χ3v) is 13.0. The van der Waals surface area contributed by atoms with Crippen molar-refractivity contribution in [3.05, 3.63) is 214 Å². The first kappa shape index (κ1) is 56.9. The van der Waals surface area contributed by atoms with E-state index in [1.54, 1.807) is 73.8 Å². The quantitative estimate of drug-likeness (QED) is 0.0126. The van der Waals surface area contributed by atoms with Gasteiger partial charge in [-0.25, -0.2) is 17.5 Å². The Hall–Kier alpha value is -11.3. The minimum Gasteiger partial charge on any atom is -0.480 e. The Morgan fingerprint density at radius 3 is 0.744 bits per heavy atom. The van der Waals surface area contributed by atoms with Crippen LogP contribution in [0.25, 0.3) is 55.7 Å². The van der Waals surface area contributed by atoms with E-state index in [-0.39, 0.29) is 66.3 Å². The molecule has 82 heavy (non-hydrogen) atoms. The Kier molecular flexibility index (Phi) is 18.6. The molecule has 10 N–H and O–H groups in total. The summed E-state index contributed by atoms with van der Waals surface area (Å²) in [5.74, 6) is 25.5. The van der Waals surface area contributed by atoms with E-state index in [2.05, 4.69) is 45.3 Å². The average Bonchev–Trinajstić information content (AvgIpc) is 3.65. The first-order valence-electron chi connectivity index (χ1n) is 25.2. The minimum atomic E-state index is -0.539. The van der Waals surface area contributed by atoms with Crippen LogP contribution in [0.1, 0.15) is 63.7 Å². The van der Waals surface area contributed by atoms with Crippen molar-refractivity contribution in [2.45, 2.75) is 0 Å². The fourth-order valence-corrected chi connectivity index (χ4v) is 9.11. The van der Waals surface area contributed by atoms with Crippen LogP contribution in [0, 0.1) is 49.4 Å². The number of ether oxygens (including phenoxy) is 4. The average molecular weight is 1080 g/mol. The molecule has 0 atom stereocenters. The Labute approximate surface area is 474 Å². The minimum absolute atomic E-state index is 0.0367. The van der Waals surface area contributed by atoms with Gasteiger partial charge in [-0.1, -0.05) is 145 Å². The molecule has 0 aliphatic carbocycles. The lowest BCUT2D eigenvalue weighted by Gasteiger charge is -2.20. The predicted molar refractivity (Wildman–Crippen MR) is 318 cm³/mol. The first-order valence-corrected chi connectivity index (χ1v) is 25.2. The van der Waals surface area contributed by atoms with Gasteiger partial charge in [0.2, 0.25) is 0 Å². The number of nitrogens with two attached hydrogens (primary N) is 3. The summed E-state index contributed by atoms with van der Waals surface area (Å²) in [4.78, 5) is 51.0. The number of nitrogens with one attached hydrogen (secondary N) is 4. The van der Waals surface area contributed by atoms with Crippen molar-refractivity contribution >= 4 is 34.8 Å². The van der Waals surface area contributed by atoms with E-state index >= 15 is 0 Å². The molecular formula is C67H53N7O8. The Bertz CT molecular complexity index is 3410. The van der Waals surface area contributed by atoms with Gasteiger partial charge in [0, 0.05) is 7.05 Å². The van der Waals surface area contributed by atoms with Crippen LogP contribution in [-0.2, 0) is 0 Å². The number of hydrogen-bond acceptors (Lipinski definition) is 11. The molecule has 0 saturated carbocycles. The van der Waals surface area contributed by atoms with Crippen LogP contribution in [-0.4, -0.2) is 57.1 Å². The van der Waals surface area contributed by atoms with Gasteiger partial charge in [-0.15, -0.1) is 25.7 Å². The number of hydrogen-bond donors (Lipinski definition) is 7. The largest absolute Gasteiger partial charge is 0.480 e. The van der Waals surface area contributed by atoms with Crippen molar-refractivity contribution in [1.82, 2.24) is 21.6 Å². The Balaban J connectivity index is 1.34. The third kappa shape index (κ3) is 12.8. The number of carbonyl (C=O) groups is 4. The molecule has 0 aliphatic heterocycles. The highest BCUT2D eigenvalue weighted by atomic mass is 16.5. The lowest BCUT2D eigenvalue weighted by molar-refractivity contribution is 0.0942. The molecule has 4 amide bonds. The predicted octanol–water partition coefficient (Wildman–Crippen LogP) is 8.58. The monoisotopic (exact) mass is 1080 g/mol. The fourth-order valence-electron chi connectivity index (χ4n) is 9.11. The molecule has 0 heterocycles. The molecule has 0 bridgehead atoms. The van der Waals surface area contributed by atoms with Crippen LogP contribution in [0.4, 0.5) is 0 Å². The zero-order valence-electron chi connectivity index (χ0n) is 44.3. The topological polar surface area (TPSA) is 231 Å². The first-order chi connectivity index (χ1) is 40.0. The summed E-state index contributed by atoms with van der Waals surface area (Å²) >= 11 is 0. The SMILES string of the molecule is C#CCOc1cc(-c2ccc(C(=C(c3ccc(-c4ccc(C(=O)NN)c(OCC#C)c4)cc3)c3ccc(-c4ccc(C(=O)NN)c(OCC#C)c4)cc3)c3ccc(-c4ccc(C(=O)NN)c(OCC#C)c4)cc3)cc2)ccc1C(=O)NC. The normalized spacial score (nSPS) is 10.3. The number of nitrogen functional groups attached to an aromatic ring is 3. The van der Waals surface area contributed by atoms with Gasteiger partial charge in [0.25, 0.3) is 23.6 Å². The molecule has 15 nitrogen and oxygen atoms in total. The van der Waals surface area contributed by atoms with Crippen LogP contribution in [0.3, 0.4) is 0 Å². The van der Waals surface area contributed by atoms with Gasteiger partial charge in [0.1, 0.15) is 49.4 Å². The molecular weight excluding hydrogens is 1030 g/mol. The van der Waals surface area contributed by atoms with Crippen molar-refractivity contribution in [3.63, 3.8) is 0 Å². The Morgan fingerprint density at radius 1 is 0.341 bits per heavy atom. The number of hydrazine groups is 3. The van der Waals surface area contributed by atoms with Crippen LogP contribution < -0.4 is 58.1 Å². The van der Waals surface area contributed by atoms with Gasteiger partial charge in [0.15, 0.2) is 0 Å². The maximum atomic E-state index is 12.8. The van der Waals surface area contributed by atoms with E-state index in [1.807, 2.05) is 103 Å². The van der Waals surface area contributed by atoms with Gasteiger partial charge in [-0.05, 0) is 126 Å². The van der Waals surface area contributed by atoms with Crippen molar-refractivity contribution < 1.29 is 38.1 Å². The van der Waals surface area contributed by atoms with Crippen molar-refractivity contribution in [3.8, 4) is 117 Å². The highest BCUT2D eigenvalue weighted by molar-refractivity contribution is 6.06. The van der Waals surface area contributed by atoms with E-state index in [4.69, 9.17) is 62.2 Å². The van der Waals surface area contributed by atoms with Gasteiger partial charge in [-0.2, -0.15) is 0 Å². The molecule has 0 aromatic heterocycles. The van der Waals surface area contributed by atoms with E-state index in [1.165, 1.54) is 0 Å². The van der Waals surface area contributed by atoms with Crippen LogP contribution in [0.2, 0.25) is 0 Å². The smallest absolute Gasteiger partial charge is 0.268 e. The van der Waals surface area contributed by atoms with Gasteiger partial charge < -0.3 is 24.3 Å². The maximum Gasteiger partial charge on any atom is 0.268 e. The van der Waals surface area contributed by atoms with Crippen LogP contribution in [0.5, 0.6) is 23.0 Å². The second-order valence-corrected chi connectivity index (χ2v) is 17.9. The van der Waals surface area contributed by atoms with E-state index in [9.17, 15) is 19.2 Å². The maximum absolute atomic E-state index is 12.8. The highest BCUT2D eigenvalue weighted by Gasteiger charge is 2.21. The molecule has 404 valence electrons. The second kappa shape index (κ2) is 26.8. The zero-order valence-corrected chi connectivity index (χ0v) is 44.3. The summed E-state index contributed by atoms with van der Waals surface area (Å²) in [5, 5.41) is 2.65. The third-order valence-electron chi connectivity index (χ3n) is 13.0. The van der Waals surface area contributed by atoms with E-state index < -0.39 is 17.7 Å². The number of carbonyl (C=O) groups excluding carboxylic acids is 4. The molecule has 15 heteroatoms. The number of terminal acetylenes is 4. The molecule has 0 fully saturated rings. The lowest BCUT2D eigenvalue weighted by Crippen LogP contribution is -2.30. The Morgan fingerprint density at radius 2 is 0.549 bits per heavy atom. The summed E-state index contributed by atoms with van der Waals surface area (Å²) in [6.45, 7) is -0.256. The van der Waals surface area contributed by atoms with Gasteiger partial charge in [-0.3, -0.25) is 35.5 Å². The molecule has 0 spiro atoms. The van der Waals surface area contributed by atoms with Gasteiger partial charge in [0.05, 0.1) is 22.3 Å². The standard InChI is InChI=1S/C67H53N7O8/c1-6-34-79-58-38-50(26-30-54(58)64(75)71-5)42-10-18-46(19-11-42)62(47-20-12-43(13-21-47)51-27-31-55(65(76)72-68)59(39-51)80-35-7-2)63(48-22-14-44(15-23-48)52-28-32-56(66(77)73-69)60(40-52)81-36-8-3)49-24-16-45(17-25-49)53-29-33-57(67(78)74-70)61(41-53)82-37-9-4/h1-4,10-33,38-41H,34-37,68-70H2,5H3,(H,71,75)(H,72,76)(H,73,77)(H,74,78). The van der Waals surface area contributed by atoms with Crippen molar-refractivity contribution in [1.29, 1.82) is 0 Å². The van der Waals surface area contributed by atoms with Crippen molar-refractivity contribution in [2.24, 2.45) is 17.5 Å². The molecule has 8 rings (SSSR count). The zero-order chi connectivity index (χ0) is 58.1. The van der Waals surface area contributed by atoms with Crippen molar-refractivity contribution in [2.75, 3.05) is 33.5 Å². The molecule has 0 radical (unpaired) electrons. The molecule has 0 unspecified atom stereocenters. The lowest BCUT2D eigenvalue weighted by atomic mass is 9.84. The second-order valence-electron chi connectivity index (χ2n) is 17.9. The summed E-state index contributed by atoms with van der Waals surface area (Å²) in [6.07, 6.45) is 22.1. The number of amides is 4. The molecule has 0 aliphatic rings. The van der Waals surface area contributed by atoms with E-state index in [0.29, 0.717) is 11.3 Å². The summed E-state index contributed by atoms with van der Waals surface area (Å²) in [5.41, 5.74) is 18.7. The molecule has 0 saturated heterocycles. The van der Waals surface area contributed by atoms with E-state index in [0.717, 1.165) is 77.9 Å². The highest BCUT2D eigenvalue weighted by Crippen LogP contribution is 2.41. The molecule has 8 aromatic carbocycles. The number of rotatable bonds is 20. The fraction of sp³-hybridized carbons (Fsp3) is 0.0746. The molecule has 8 aromatic rings. The van der Waals surface area contributed by atoms with Crippen LogP contribution >= 0.6 is 0 Å². The van der Waals surface area contributed by atoms with Gasteiger partial charge >= 0.3 is 0 Å². The summed E-state index contributed by atoms with van der Waals surface area (Å²) in [7, 11) is 1.54. The summed E-state index contributed by atoms with van der Waals surface area (Å²) < 4.78 is 23.3. The number of benzene rings is 8. The van der Waals surface area contributed by atoms with Crippen LogP contribution in [0.15, 0.2) is 170 Å².